The molecule has 0 N–H and O–H groups in total. The Morgan fingerprint density at radius 3 is 1.16 bits per heavy atom. The summed E-state index contributed by atoms with van der Waals surface area (Å²) in [6.07, 6.45) is 0. The second kappa shape index (κ2) is 11.8. The molecule has 10 rings (SSSR count). The molecule has 0 aromatic heterocycles. The van der Waals surface area contributed by atoms with Gasteiger partial charge in [0.05, 0.1) is 16.8 Å². The number of nitrogens with zero attached hydrogens (tertiary/aromatic N) is 1. The standard InChI is InChI=1S/C49H33NO/c1-4-14-34(15-5-1)37-24-28-40(29-25-37)50-45-30-26-38(35-16-6-2-7-17-35)32-43(45)49(44-33-39(27-31-46(44)50)36-18-8-3-9-19-36)41-20-10-12-22-47(41)51-48-23-13-11-21-42(48)49/h1-33H. The molecule has 0 atom stereocenters. The van der Waals surface area contributed by atoms with Gasteiger partial charge in [-0.15, -0.1) is 0 Å². The van der Waals surface area contributed by atoms with Gasteiger partial charge >= 0.3 is 0 Å². The molecule has 2 aliphatic rings. The van der Waals surface area contributed by atoms with E-state index in [4.69, 9.17) is 4.74 Å². The first-order valence-corrected chi connectivity index (χ1v) is 17.5. The molecule has 2 heteroatoms. The van der Waals surface area contributed by atoms with Crippen LogP contribution in [-0.2, 0) is 5.41 Å². The fourth-order valence-corrected chi connectivity index (χ4v) is 8.24. The second-order valence-corrected chi connectivity index (χ2v) is 13.3. The van der Waals surface area contributed by atoms with Gasteiger partial charge < -0.3 is 9.64 Å². The van der Waals surface area contributed by atoms with Gasteiger partial charge in [0, 0.05) is 16.8 Å². The topological polar surface area (TPSA) is 12.5 Å². The zero-order chi connectivity index (χ0) is 33.8. The van der Waals surface area contributed by atoms with E-state index in [0.717, 1.165) is 39.7 Å². The molecular formula is C49H33NO. The first kappa shape index (κ1) is 29.3. The number of rotatable bonds is 4. The van der Waals surface area contributed by atoms with Gasteiger partial charge in [-0.3, -0.25) is 0 Å². The van der Waals surface area contributed by atoms with Crippen LogP contribution in [0.2, 0.25) is 0 Å². The van der Waals surface area contributed by atoms with Gasteiger partial charge in [0.25, 0.3) is 0 Å². The summed E-state index contributed by atoms with van der Waals surface area (Å²) < 4.78 is 6.72. The molecule has 0 saturated heterocycles. The summed E-state index contributed by atoms with van der Waals surface area (Å²) in [7, 11) is 0. The molecule has 0 bridgehead atoms. The maximum absolute atomic E-state index is 6.72. The molecular weight excluding hydrogens is 619 g/mol. The van der Waals surface area contributed by atoms with Crippen molar-refractivity contribution in [2.24, 2.45) is 0 Å². The van der Waals surface area contributed by atoms with Crippen LogP contribution in [0.4, 0.5) is 17.1 Å². The zero-order valence-electron chi connectivity index (χ0n) is 27.9. The Labute approximate surface area is 298 Å². The zero-order valence-corrected chi connectivity index (χ0v) is 27.9. The SMILES string of the molecule is c1ccc(-c2ccc(N3c4ccc(-c5ccccc5)cc4C4(c5ccccc5Oc5ccccc54)c4cc(-c5ccccc5)ccc43)cc2)cc1. The predicted molar refractivity (Wildman–Crippen MR) is 209 cm³/mol. The van der Waals surface area contributed by atoms with Crippen LogP contribution in [0.15, 0.2) is 200 Å². The molecule has 0 saturated carbocycles. The van der Waals surface area contributed by atoms with E-state index in [9.17, 15) is 0 Å². The van der Waals surface area contributed by atoms with E-state index in [-0.39, 0.29) is 0 Å². The largest absolute Gasteiger partial charge is 0.457 e. The van der Waals surface area contributed by atoms with E-state index in [2.05, 4.69) is 205 Å². The number of anilines is 3. The van der Waals surface area contributed by atoms with Gasteiger partial charge in [-0.1, -0.05) is 152 Å². The second-order valence-electron chi connectivity index (χ2n) is 13.3. The number of ether oxygens (including phenoxy) is 1. The Balaban J connectivity index is 1.32. The van der Waals surface area contributed by atoms with Gasteiger partial charge in [0.2, 0.25) is 0 Å². The molecule has 8 aromatic rings. The first-order valence-electron chi connectivity index (χ1n) is 17.5. The van der Waals surface area contributed by atoms with E-state index < -0.39 is 5.41 Å². The van der Waals surface area contributed by atoms with Gasteiger partial charge in [-0.2, -0.15) is 0 Å². The highest BCUT2D eigenvalue weighted by atomic mass is 16.5. The Morgan fingerprint density at radius 1 is 0.314 bits per heavy atom. The fraction of sp³-hybridized carbons (Fsp3) is 0.0204. The Kier molecular flexibility index (Phi) is 6.75. The molecule has 8 aromatic carbocycles. The lowest BCUT2D eigenvalue weighted by atomic mass is 9.60. The highest BCUT2D eigenvalue weighted by molar-refractivity contribution is 5.93. The van der Waals surface area contributed by atoms with Crippen LogP contribution in [0.5, 0.6) is 11.5 Å². The number of hydrogen-bond acceptors (Lipinski definition) is 2. The van der Waals surface area contributed by atoms with Crippen molar-refractivity contribution in [2.75, 3.05) is 4.90 Å². The molecule has 0 amide bonds. The molecule has 2 aliphatic heterocycles. The predicted octanol–water partition coefficient (Wildman–Crippen LogP) is 13.0. The van der Waals surface area contributed by atoms with E-state index in [1.807, 2.05) is 0 Å². The summed E-state index contributed by atoms with van der Waals surface area (Å²) in [5, 5.41) is 0. The molecule has 0 unspecified atom stereocenters. The summed E-state index contributed by atoms with van der Waals surface area (Å²) in [6, 6.07) is 72.2. The van der Waals surface area contributed by atoms with Crippen LogP contribution in [0.1, 0.15) is 22.3 Å². The van der Waals surface area contributed by atoms with E-state index in [1.165, 1.54) is 44.5 Å². The van der Waals surface area contributed by atoms with Crippen molar-refractivity contribution < 1.29 is 4.74 Å². The summed E-state index contributed by atoms with van der Waals surface area (Å²) >= 11 is 0. The third-order valence-electron chi connectivity index (χ3n) is 10.5. The molecule has 0 radical (unpaired) electrons. The van der Waals surface area contributed by atoms with Gasteiger partial charge in [0.1, 0.15) is 11.5 Å². The number of fused-ring (bicyclic) bond motifs is 8. The average Bonchev–Trinajstić information content (AvgIpc) is 3.21. The summed E-state index contributed by atoms with van der Waals surface area (Å²) in [4.78, 5) is 2.45. The smallest absolute Gasteiger partial charge is 0.132 e. The average molecular weight is 652 g/mol. The van der Waals surface area contributed by atoms with Gasteiger partial charge in [-0.25, -0.2) is 0 Å². The maximum atomic E-state index is 6.72. The van der Waals surface area contributed by atoms with Gasteiger partial charge in [0.15, 0.2) is 0 Å². The van der Waals surface area contributed by atoms with Crippen LogP contribution < -0.4 is 9.64 Å². The van der Waals surface area contributed by atoms with E-state index in [0.29, 0.717) is 0 Å². The van der Waals surface area contributed by atoms with E-state index in [1.54, 1.807) is 0 Å². The third-order valence-corrected chi connectivity index (χ3v) is 10.5. The Hall–Kier alpha value is -6.64. The maximum Gasteiger partial charge on any atom is 0.132 e. The minimum absolute atomic E-state index is 0.661. The summed E-state index contributed by atoms with van der Waals surface area (Å²) in [5.74, 6) is 1.76. The molecule has 0 aliphatic carbocycles. The van der Waals surface area contributed by atoms with Crippen molar-refractivity contribution in [1.82, 2.24) is 0 Å². The van der Waals surface area contributed by atoms with Crippen molar-refractivity contribution in [3.05, 3.63) is 222 Å². The number of para-hydroxylation sites is 2. The van der Waals surface area contributed by atoms with Crippen molar-refractivity contribution in [3.63, 3.8) is 0 Å². The Morgan fingerprint density at radius 2 is 0.686 bits per heavy atom. The van der Waals surface area contributed by atoms with E-state index >= 15 is 0 Å². The summed E-state index contributed by atoms with van der Waals surface area (Å²) in [6.45, 7) is 0. The normalized spacial score (nSPS) is 13.4. The van der Waals surface area contributed by atoms with Crippen LogP contribution in [0.25, 0.3) is 33.4 Å². The van der Waals surface area contributed by atoms with Crippen LogP contribution in [0, 0.1) is 0 Å². The molecule has 240 valence electrons. The highest BCUT2D eigenvalue weighted by Crippen LogP contribution is 2.63. The van der Waals surface area contributed by atoms with Crippen molar-refractivity contribution >= 4 is 17.1 Å². The van der Waals surface area contributed by atoms with Crippen molar-refractivity contribution in [3.8, 4) is 44.9 Å². The lowest BCUT2D eigenvalue weighted by Crippen LogP contribution is -2.39. The molecule has 2 heterocycles. The van der Waals surface area contributed by atoms with Crippen LogP contribution in [0.3, 0.4) is 0 Å². The lowest BCUT2D eigenvalue weighted by Gasteiger charge is -2.49. The third kappa shape index (κ3) is 4.57. The quantitative estimate of drug-likeness (QED) is 0.188. The number of benzene rings is 8. The Bertz CT molecular complexity index is 2400. The van der Waals surface area contributed by atoms with Gasteiger partial charge in [-0.05, 0) is 93.0 Å². The summed E-state index contributed by atoms with van der Waals surface area (Å²) in [5.41, 5.74) is 14.6. The first-order chi connectivity index (χ1) is 25.3. The highest BCUT2D eigenvalue weighted by Gasteiger charge is 2.51. The fourth-order valence-electron chi connectivity index (χ4n) is 8.24. The lowest BCUT2D eigenvalue weighted by molar-refractivity contribution is 0.434. The molecule has 2 nitrogen and oxygen atoms in total. The molecule has 51 heavy (non-hydrogen) atoms. The van der Waals surface area contributed by atoms with Crippen molar-refractivity contribution in [1.29, 1.82) is 0 Å². The monoisotopic (exact) mass is 651 g/mol. The van der Waals surface area contributed by atoms with Crippen molar-refractivity contribution in [2.45, 2.75) is 5.41 Å². The number of hydrogen-bond donors (Lipinski definition) is 0. The molecule has 0 fully saturated rings. The van der Waals surface area contributed by atoms with Crippen LogP contribution >= 0.6 is 0 Å². The minimum atomic E-state index is -0.661. The minimum Gasteiger partial charge on any atom is -0.457 e. The van der Waals surface area contributed by atoms with Crippen LogP contribution in [-0.4, -0.2) is 0 Å². The molecule has 1 spiro atoms.